The topological polar surface area (TPSA) is 101 Å². The zero-order chi connectivity index (χ0) is 12.7. The third-order valence-electron chi connectivity index (χ3n) is 1.72. The van der Waals surface area contributed by atoms with Crippen LogP contribution in [0.15, 0.2) is 0 Å². The summed E-state index contributed by atoms with van der Waals surface area (Å²) in [6.07, 6.45) is 0. The molecule has 0 aromatic carbocycles. The molecule has 0 bridgehead atoms. The average molecular weight is 248 g/mol. The van der Waals surface area contributed by atoms with Crippen molar-refractivity contribution in [3.63, 3.8) is 0 Å². The molecule has 0 saturated heterocycles. The second kappa shape index (κ2) is 7.10. The largest absolute Gasteiger partial charge is 0.481 e. The van der Waals surface area contributed by atoms with Crippen molar-refractivity contribution < 1.29 is 19.5 Å². The highest BCUT2D eigenvalue weighted by Gasteiger charge is 2.18. The SMILES string of the molecule is CC(C)N(CC(N)=O)C(=O)CSCC(=O)O. The lowest BCUT2D eigenvalue weighted by atomic mass is 10.3. The quantitative estimate of drug-likeness (QED) is 0.634. The molecule has 0 aromatic heterocycles. The highest BCUT2D eigenvalue weighted by atomic mass is 32.2. The normalized spacial score (nSPS) is 10.2. The summed E-state index contributed by atoms with van der Waals surface area (Å²) in [6.45, 7) is 3.40. The third-order valence-corrected chi connectivity index (χ3v) is 2.62. The number of thioether (sulfide) groups is 1. The van der Waals surface area contributed by atoms with Gasteiger partial charge < -0.3 is 15.7 Å². The number of carboxylic acid groups (broad SMARTS) is 1. The molecule has 0 saturated carbocycles. The van der Waals surface area contributed by atoms with E-state index in [4.69, 9.17) is 10.8 Å². The molecular weight excluding hydrogens is 232 g/mol. The first-order chi connectivity index (χ1) is 7.34. The number of hydrogen-bond donors (Lipinski definition) is 2. The predicted octanol–water partition coefficient (Wildman–Crippen LogP) is -0.473. The Hall–Kier alpha value is -1.24. The molecular formula is C9H16N2O4S. The van der Waals surface area contributed by atoms with Crippen molar-refractivity contribution in [2.24, 2.45) is 5.73 Å². The predicted molar refractivity (Wildman–Crippen MR) is 61.0 cm³/mol. The molecule has 0 rings (SSSR count). The second-order valence-electron chi connectivity index (χ2n) is 3.47. The first-order valence-electron chi connectivity index (χ1n) is 4.72. The van der Waals surface area contributed by atoms with Crippen LogP contribution in [0.5, 0.6) is 0 Å². The van der Waals surface area contributed by atoms with Crippen LogP contribution in [0, 0.1) is 0 Å². The van der Waals surface area contributed by atoms with Crippen molar-refractivity contribution in [3.05, 3.63) is 0 Å². The first kappa shape index (κ1) is 14.8. The van der Waals surface area contributed by atoms with E-state index in [2.05, 4.69) is 0 Å². The molecule has 0 aliphatic carbocycles. The van der Waals surface area contributed by atoms with E-state index in [1.807, 2.05) is 0 Å². The van der Waals surface area contributed by atoms with Crippen LogP contribution in [-0.4, -0.2) is 51.9 Å². The molecule has 0 radical (unpaired) electrons. The maximum absolute atomic E-state index is 11.6. The van der Waals surface area contributed by atoms with Crippen LogP contribution in [0.2, 0.25) is 0 Å². The number of carbonyl (C=O) groups excluding carboxylic acids is 2. The number of carbonyl (C=O) groups is 3. The maximum atomic E-state index is 11.6. The van der Waals surface area contributed by atoms with Crippen LogP contribution in [0.3, 0.4) is 0 Å². The Labute approximate surface area is 98.2 Å². The highest BCUT2D eigenvalue weighted by Crippen LogP contribution is 2.05. The number of amides is 2. The minimum Gasteiger partial charge on any atom is -0.481 e. The van der Waals surface area contributed by atoms with Crippen LogP contribution < -0.4 is 5.73 Å². The van der Waals surface area contributed by atoms with Crippen molar-refractivity contribution in [3.8, 4) is 0 Å². The Bertz CT molecular complexity index is 281. The molecule has 6 nitrogen and oxygen atoms in total. The van der Waals surface area contributed by atoms with E-state index in [0.29, 0.717) is 0 Å². The summed E-state index contributed by atoms with van der Waals surface area (Å²) in [5.74, 6) is -1.92. The van der Waals surface area contributed by atoms with Gasteiger partial charge in [-0.2, -0.15) is 0 Å². The van der Waals surface area contributed by atoms with Crippen molar-refractivity contribution in [1.82, 2.24) is 4.90 Å². The van der Waals surface area contributed by atoms with Gasteiger partial charge in [-0.1, -0.05) is 0 Å². The molecule has 0 unspecified atom stereocenters. The third kappa shape index (κ3) is 6.28. The summed E-state index contributed by atoms with van der Waals surface area (Å²) in [4.78, 5) is 33.9. The van der Waals surface area contributed by atoms with Crippen LogP contribution in [0.4, 0.5) is 0 Å². The Balaban J connectivity index is 4.17. The molecule has 92 valence electrons. The average Bonchev–Trinajstić information content (AvgIpc) is 2.12. The van der Waals surface area contributed by atoms with Gasteiger partial charge in [0.15, 0.2) is 0 Å². The molecule has 0 heterocycles. The molecule has 0 spiro atoms. The zero-order valence-corrected chi connectivity index (χ0v) is 10.1. The van der Waals surface area contributed by atoms with Crippen LogP contribution in [0.25, 0.3) is 0 Å². The molecule has 2 amide bonds. The minimum absolute atomic E-state index is 0.0394. The van der Waals surface area contributed by atoms with Gasteiger partial charge in [-0.05, 0) is 13.8 Å². The number of aliphatic carboxylic acids is 1. The van der Waals surface area contributed by atoms with Gasteiger partial charge in [0, 0.05) is 6.04 Å². The van der Waals surface area contributed by atoms with E-state index in [9.17, 15) is 14.4 Å². The van der Waals surface area contributed by atoms with Gasteiger partial charge in [-0.25, -0.2) is 0 Å². The fourth-order valence-electron chi connectivity index (χ4n) is 1.04. The summed E-state index contributed by atoms with van der Waals surface area (Å²) in [5, 5.41) is 8.40. The van der Waals surface area contributed by atoms with Crippen LogP contribution in [-0.2, 0) is 14.4 Å². The van der Waals surface area contributed by atoms with Gasteiger partial charge in [0.1, 0.15) is 0 Å². The zero-order valence-electron chi connectivity index (χ0n) is 9.30. The van der Waals surface area contributed by atoms with Gasteiger partial charge in [0.05, 0.1) is 18.1 Å². The second-order valence-corrected chi connectivity index (χ2v) is 4.45. The number of nitrogens with zero attached hydrogens (tertiary/aromatic N) is 1. The van der Waals surface area contributed by atoms with E-state index < -0.39 is 11.9 Å². The summed E-state index contributed by atoms with van der Waals surface area (Å²) in [5.41, 5.74) is 5.01. The Kier molecular flexibility index (Phi) is 6.55. The number of nitrogens with two attached hydrogens (primary N) is 1. The standard InChI is InChI=1S/C9H16N2O4S/c1-6(2)11(3-7(10)12)8(13)4-16-5-9(14)15/h6H,3-5H2,1-2H3,(H2,10,12)(H,14,15). The molecule has 0 atom stereocenters. The van der Waals surface area contributed by atoms with Gasteiger partial charge >= 0.3 is 5.97 Å². The Morgan fingerprint density at radius 2 is 1.88 bits per heavy atom. The summed E-state index contributed by atoms with van der Waals surface area (Å²) in [7, 11) is 0. The highest BCUT2D eigenvalue weighted by molar-refractivity contribution is 8.00. The molecule has 0 fully saturated rings. The summed E-state index contributed by atoms with van der Waals surface area (Å²) < 4.78 is 0. The molecule has 7 heteroatoms. The number of rotatable bonds is 7. The van der Waals surface area contributed by atoms with Gasteiger partial charge in [-0.15, -0.1) is 11.8 Å². The lowest BCUT2D eigenvalue weighted by molar-refractivity contribution is -0.134. The molecule has 0 aliphatic rings. The van der Waals surface area contributed by atoms with Crippen LogP contribution in [0.1, 0.15) is 13.8 Å². The summed E-state index contributed by atoms with van der Waals surface area (Å²) >= 11 is 0.999. The first-order valence-corrected chi connectivity index (χ1v) is 5.87. The van der Waals surface area contributed by atoms with Gasteiger partial charge in [-0.3, -0.25) is 14.4 Å². The van der Waals surface area contributed by atoms with Crippen molar-refractivity contribution >= 4 is 29.5 Å². The fraction of sp³-hybridized carbons (Fsp3) is 0.667. The van der Waals surface area contributed by atoms with Crippen molar-refractivity contribution in [1.29, 1.82) is 0 Å². The van der Waals surface area contributed by atoms with E-state index in [0.717, 1.165) is 11.8 Å². The van der Waals surface area contributed by atoms with E-state index in [1.165, 1.54) is 4.90 Å². The lowest BCUT2D eigenvalue weighted by Crippen LogP contribution is -2.43. The Morgan fingerprint density at radius 3 is 2.25 bits per heavy atom. The summed E-state index contributed by atoms with van der Waals surface area (Å²) in [6, 6.07) is -0.134. The minimum atomic E-state index is -0.969. The molecule has 3 N–H and O–H groups in total. The Morgan fingerprint density at radius 1 is 1.31 bits per heavy atom. The smallest absolute Gasteiger partial charge is 0.313 e. The monoisotopic (exact) mass is 248 g/mol. The van der Waals surface area contributed by atoms with Gasteiger partial charge in [0.2, 0.25) is 11.8 Å². The van der Waals surface area contributed by atoms with Crippen LogP contribution >= 0.6 is 11.8 Å². The van der Waals surface area contributed by atoms with Gasteiger partial charge in [0.25, 0.3) is 0 Å². The number of primary amides is 1. The molecule has 16 heavy (non-hydrogen) atoms. The fourth-order valence-corrected chi connectivity index (χ4v) is 1.65. The van der Waals surface area contributed by atoms with Crippen molar-refractivity contribution in [2.75, 3.05) is 18.1 Å². The molecule has 0 aromatic rings. The molecule has 0 aliphatic heterocycles. The maximum Gasteiger partial charge on any atom is 0.313 e. The number of carboxylic acids is 1. The van der Waals surface area contributed by atoms with Crippen molar-refractivity contribution in [2.45, 2.75) is 19.9 Å². The van der Waals surface area contributed by atoms with E-state index in [-0.39, 0.29) is 30.0 Å². The number of hydrogen-bond acceptors (Lipinski definition) is 4. The van der Waals surface area contributed by atoms with E-state index in [1.54, 1.807) is 13.8 Å². The lowest BCUT2D eigenvalue weighted by Gasteiger charge is -2.25. The van der Waals surface area contributed by atoms with E-state index >= 15 is 0 Å².